The molecule has 18 heavy (non-hydrogen) atoms. The summed E-state index contributed by atoms with van der Waals surface area (Å²) in [7, 11) is 0. The maximum absolute atomic E-state index is 13.0. The number of hydrogen-bond donors (Lipinski definition) is 0. The summed E-state index contributed by atoms with van der Waals surface area (Å²) in [5, 5.41) is 14.5. The Labute approximate surface area is 109 Å². The maximum atomic E-state index is 13.0. The van der Waals surface area contributed by atoms with Gasteiger partial charge in [0.05, 0.1) is 0 Å². The minimum absolute atomic E-state index is 0.146. The number of piperidine rings is 1. The van der Waals surface area contributed by atoms with Crippen LogP contribution < -0.4 is 0 Å². The van der Waals surface area contributed by atoms with Crippen molar-refractivity contribution < 1.29 is 9.47 Å². The van der Waals surface area contributed by atoms with E-state index in [4.69, 9.17) is 9.47 Å². The summed E-state index contributed by atoms with van der Waals surface area (Å²) in [6.07, 6.45) is 5.71. The van der Waals surface area contributed by atoms with Crippen LogP contribution in [0.2, 0.25) is 0 Å². The molecule has 0 N–H and O–H groups in total. The largest absolute Gasteiger partial charge is 0.784 e. The van der Waals surface area contributed by atoms with Gasteiger partial charge >= 0.3 is 0 Å². The molecule has 3 fully saturated rings. The summed E-state index contributed by atoms with van der Waals surface area (Å²) in [5.41, 5.74) is -0.291. The second-order valence-corrected chi connectivity index (χ2v) is 6.48. The van der Waals surface area contributed by atoms with Crippen LogP contribution >= 0.6 is 0 Å². The molecule has 0 bridgehead atoms. The molecule has 0 saturated carbocycles. The van der Waals surface area contributed by atoms with E-state index in [0.717, 1.165) is 65.0 Å². The SMILES string of the molecule is CC1CC2(CCOCC2)N([O-])C2(CCOCC2)C1. The van der Waals surface area contributed by atoms with E-state index in [1.165, 1.54) is 5.06 Å². The number of hydrogen-bond acceptors (Lipinski definition) is 4. The third kappa shape index (κ3) is 1.99. The van der Waals surface area contributed by atoms with Gasteiger partial charge in [0.2, 0.25) is 0 Å². The molecule has 0 amide bonds. The molecule has 0 aromatic carbocycles. The number of rotatable bonds is 0. The monoisotopic (exact) mass is 254 g/mol. The minimum atomic E-state index is -0.146. The van der Waals surface area contributed by atoms with Gasteiger partial charge in [0.1, 0.15) is 0 Å². The van der Waals surface area contributed by atoms with E-state index in [0.29, 0.717) is 5.92 Å². The van der Waals surface area contributed by atoms with Crippen molar-refractivity contribution in [2.75, 3.05) is 26.4 Å². The zero-order valence-electron chi connectivity index (χ0n) is 11.3. The van der Waals surface area contributed by atoms with Gasteiger partial charge in [-0.25, -0.2) is 0 Å². The Morgan fingerprint density at radius 2 is 1.28 bits per heavy atom. The molecule has 3 saturated heterocycles. The predicted molar refractivity (Wildman–Crippen MR) is 69.2 cm³/mol. The Morgan fingerprint density at radius 3 is 1.67 bits per heavy atom. The van der Waals surface area contributed by atoms with Gasteiger partial charge < -0.3 is 19.7 Å². The summed E-state index contributed by atoms with van der Waals surface area (Å²) in [4.78, 5) is 0. The molecule has 3 heterocycles. The van der Waals surface area contributed by atoms with Crippen LogP contribution in [0.1, 0.15) is 45.4 Å². The molecule has 3 aliphatic rings. The van der Waals surface area contributed by atoms with Crippen molar-refractivity contribution in [2.45, 2.75) is 56.5 Å². The van der Waals surface area contributed by atoms with Gasteiger partial charge in [-0.3, -0.25) is 0 Å². The third-order valence-corrected chi connectivity index (χ3v) is 5.17. The average molecular weight is 254 g/mol. The van der Waals surface area contributed by atoms with E-state index in [1.54, 1.807) is 0 Å². The van der Waals surface area contributed by atoms with Crippen LogP contribution in [0.15, 0.2) is 0 Å². The lowest BCUT2D eigenvalue weighted by Gasteiger charge is -2.66. The van der Waals surface area contributed by atoms with Crippen LogP contribution in [0.3, 0.4) is 0 Å². The van der Waals surface area contributed by atoms with Crippen LogP contribution in [-0.4, -0.2) is 42.6 Å². The van der Waals surface area contributed by atoms with Gasteiger partial charge in [-0.05, 0) is 44.4 Å². The van der Waals surface area contributed by atoms with Crippen molar-refractivity contribution in [3.63, 3.8) is 0 Å². The molecule has 0 unspecified atom stereocenters. The molecule has 2 spiro atoms. The third-order valence-electron chi connectivity index (χ3n) is 5.17. The second-order valence-electron chi connectivity index (χ2n) is 6.48. The van der Waals surface area contributed by atoms with Crippen molar-refractivity contribution in [3.8, 4) is 0 Å². The van der Waals surface area contributed by atoms with Gasteiger partial charge in [-0.15, -0.1) is 0 Å². The highest BCUT2D eigenvalue weighted by Crippen LogP contribution is 2.49. The Bertz CT molecular complexity index is 267. The number of ether oxygens (including phenoxy) is 2. The van der Waals surface area contributed by atoms with Crippen molar-refractivity contribution >= 4 is 0 Å². The van der Waals surface area contributed by atoms with Gasteiger partial charge in [-0.1, -0.05) is 6.92 Å². The van der Waals surface area contributed by atoms with Crippen LogP contribution in [0.5, 0.6) is 0 Å². The van der Waals surface area contributed by atoms with E-state index in [1.807, 2.05) is 0 Å². The van der Waals surface area contributed by atoms with Gasteiger partial charge in [0, 0.05) is 37.5 Å². The molecule has 0 aromatic heterocycles. The van der Waals surface area contributed by atoms with Crippen molar-refractivity contribution in [3.05, 3.63) is 5.21 Å². The highest BCUT2D eigenvalue weighted by atomic mass is 16.5. The Kier molecular flexibility index (Phi) is 3.39. The van der Waals surface area contributed by atoms with Gasteiger partial charge in [0.25, 0.3) is 0 Å². The molecular weight excluding hydrogens is 230 g/mol. The summed E-state index contributed by atoms with van der Waals surface area (Å²) in [6.45, 7) is 5.30. The fourth-order valence-corrected chi connectivity index (χ4v) is 4.36. The smallest absolute Gasteiger partial charge is 0.0483 e. The first-order valence-electron chi connectivity index (χ1n) is 7.30. The van der Waals surface area contributed by atoms with E-state index in [9.17, 15) is 5.21 Å². The summed E-state index contributed by atoms with van der Waals surface area (Å²) in [5.74, 6) is 0.645. The molecule has 3 rings (SSSR count). The molecular formula is C14H24NO3-. The minimum Gasteiger partial charge on any atom is -0.784 e. The van der Waals surface area contributed by atoms with Crippen LogP contribution in [-0.2, 0) is 9.47 Å². The van der Waals surface area contributed by atoms with Crippen molar-refractivity contribution in [1.29, 1.82) is 0 Å². The Balaban J connectivity index is 1.86. The van der Waals surface area contributed by atoms with Gasteiger partial charge in [0.15, 0.2) is 0 Å². The highest BCUT2D eigenvalue weighted by Gasteiger charge is 2.49. The fraction of sp³-hybridized carbons (Fsp3) is 1.00. The molecule has 0 atom stereocenters. The predicted octanol–water partition coefficient (Wildman–Crippen LogP) is 2.31. The molecule has 4 heteroatoms. The maximum Gasteiger partial charge on any atom is 0.0483 e. The zero-order valence-corrected chi connectivity index (χ0v) is 11.3. The molecule has 4 nitrogen and oxygen atoms in total. The van der Waals surface area contributed by atoms with Gasteiger partial charge in [-0.2, -0.15) is 0 Å². The lowest BCUT2D eigenvalue weighted by molar-refractivity contribution is -0.130. The summed E-state index contributed by atoms with van der Waals surface area (Å²) < 4.78 is 10.9. The Hall–Kier alpha value is -0.160. The lowest BCUT2D eigenvalue weighted by Crippen LogP contribution is -2.65. The normalized spacial score (nSPS) is 36.0. The number of nitrogens with zero attached hydrogens (tertiary/aromatic N) is 1. The highest BCUT2D eigenvalue weighted by molar-refractivity contribution is 5.08. The zero-order chi connectivity index (χ0) is 12.6. The molecule has 0 aliphatic carbocycles. The first-order valence-corrected chi connectivity index (χ1v) is 7.30. The standard InChI is InChI=1S/C14H24NO3/c1-12-10-13(2-6-17-7-3-13)15(16)14(11-12)4-8-18-9-5-14/h12H,2-11H2,1H3/q-1. The van der Waals surface area contributed by atoms with Crippen LogP contribution in [0, 0.1) is 11.1 Å². The number of hydroxylamine groups is 2. The molecule has 0 radical (unpaired) electrons. The molecule has 0 aromatic rings. The van der Waals surface area contributed by atoms with E-state index < -0.39 is 0 Å². The average Bonchev–Trinajstić information content (AvgIpc) is 2.38. The molecule has 104 valence electrons. The molecule has 3 aliphatic heterocycles. The van der Waals surface area contributed by atoms with E-state index in [2.05, 4.69) is 6.92 Å². The van der Waals surface area contributed by atoms with Crippen LogP contribution in [0.4, 0.5) is 0 Å². The first kappa shape index (κ1) is 12.9. The Morgan fingerprint density at radius 1 is 0.889 bits per heavy atom. The second kappa shape index (κ2) is 4.75. The topological polar surface area (TPSA) is 44.8 Å². The summed E-state index contributed by atoms with van der Waals surface area (Å²) in [6, 6.07) is 0. The lowest BCUT2D eigenvalue weighted by atomic mass is 9.67. The summed E-state index contributed by atoms with van der Waals surface area (Å²) >= 11 is 0. The first-order chi connectivity index (χ1) is 8.67. The van der Waals surface area contributed by atoms with Crippen LogP contribution in [0.25, 0.3) is 0 Å². The van der Waals surface area contributed by atoms with E-state index in [-0.39, 0.29) is 11.1 Å². The van der Waals surface area contributed by atoms with Crippen molar-refractivity contribution in [1.82, 2.24) is 5.06 Å². The quantitative estimate of drug-likeness (QED) is 0.665. The fourth-order valence-electron chi connectivity index (χ4n) is 4.36. The van der Waals surface area contributed by atoms with E-state index >= 15 is 0 Å². The van der Waals surface area contributed by atoms with Crippen molar-refractivity contribution in [2.24, 2.45) is 5.92 Å².